The predicted molar refractivity (Wildman–Crippen MR) is 88.9 cm³/mol. The molecule has 1 aliphatic heterocycles. The Labute approximate surface area is 145 Å². The second-order valence-electron chi connectivity index (χ2n) is 5.53. The summed E-state index contributed by atoms with van der Waals surface area (Å²) in [5, 5.41) is 0. The lowest BCUT2D eigenvalue weighted by molar-refractivity contribution is -0.222. The first-order valence-corrected chi connectivity index (χ1v) is 7.58. The zero-order valence-electron chi connectivity index (χ0n) is 14.4. The Morgan fingerprint density at radius 3 is 2.40 bits per heavy atom. The van der Waals surface area contributed by atoms with Crippen molar-refractivity contribution in [1.29, 1.82) is 0 Å². The van der Waals surface area contributed by atoms with Crippen molar-refractivity contribution in [2.75, 3.05) is 20.3 Å². The van der Waals surface area contributed by atoms with Gasteiger partial charge in [0.2, 0.25) is 0 Å². The zero-order chi connectivity index (χ0) is 18.4. The van der Waals surface area contributed by atoms with Gasteiger partial charge in [-0.1, -0.05) is 12.6 Å². The van der Waals surface area contributed by atoms with Gasteiger partial charge in [-0.05, 0) is 23.8 Å². The first-order valence-electron chi connectivity index (χ1n) is 7.58. The fourth-order valence-electron chi connectivity index (χ4n) is 2.12. The van der Waals surface area contributed by atoms with Gasteiger partial charge in [-0.25, -0.2) is 9.59 Å². The van der Waals surface area contributed by atoms with Crippen LogP contribution in [0, 0.1) is 0 Å². The maximum atomic E-state index is 12.0. The third kappa shape index (κ3) is 4.76. The van der Waals surface area contributed by atoms with E-state index in [0.717, 1.165) is 0 Å². The second-order valence-corrected chi connectivity index (χ2v) is 5.53. The number of ether oxygens (including phenoxy) is 5. The summed E-state index contributed by atoms with van der Waals surface area (Å²) in [6.45, 7) is 7.09. The Bertz CT molecular complexity index is 681. The molecule has 1 heterocycles. The Morgan fingerprint density at radius 2 is 1.80 bits per heavy atom. The predicted octanol–water partition coefficient (Wildman–Crippen LogP) is 2.45. The summed E-state index contributed by atoms with van der Waals surface area (Å²) in [5.74, 6) is -1.78. The first-order chi connectivity index (χ1) is 11.9. The highest BCUT2D eigenvalue weighted by molar-refractivity contribution is 6.18. The lowest BCUT2D eigenvalue weighted by Crippen LogP contribution is -2.41. The molecule has 1 aromatic rings. The highest BCUT2D eigenvalue weighted by Gasteiger charge is 2.38. The molecular formula is C18H20O7. The molecule has 0 aromatic heterocycles. The fourth-order valence-corrected chi connectivity index (χ4v) is 2.12. The second kappa shape index (κ2) is 7.74. The molecule has 1 saturated heterocycles. The van der Waals surface area contributed by atoms with Crippen molar-refractivity contribution in [3.63, 3.8) is 0 Å². The van der Waals surface area contributed by atoms with Crippen LogP contribution in [0.1, 0.15) is 19.4 Å². The molecule has 0 N–H and O–H groups in total. The molecule has 1 fully saturated rings. The largest absolute Gasteiger partial charge is 0.498 e. The number of carbonyl (C=O) groups excluding carboxylic acids is 2. The zero-order valence-corrected chi connectivity index (χ0v) is 14.4. The van der Waals surface area contributed by atoms with Crippen LogP contribution in [-0.4, -0.2) is 38.0 Å². The van der Waals surface area contributed by atoms with Gasteiger partial charge in [0.25, 0.3) is 5.79 Å². The van der Waals surface area contributed by atoms with Crippen molar-refractivity contribution < 1.29 is 33.3 Å². The number of cyclic esters (lactones) is 2. The van der Waals surface area contributed by atoms with Crippen LogP contribution < -0.4 is 9.47 Å². The molecule has 7 heteroatoms. The van der Waals surface area contributed by atoms with Gasteiger partial charge in [0.05, 0.1) is 13.4 Å². The minimum Gasteiger partial charge on any atom is -0.498 e. The van der Waals surface area contributed by atoms with Crippen LogP contribution in [0.15, 0.2) is 36.6 Å². The van der Waals surface area contributed by atoms with Gasteiger partial charge >= 0.3 is 11.9 Å². The maximum absolute atomic E-state index is 12.0. The SMILES string of the molecule is C=COCCOc1ccc(C=C2C(=O)OC(C)(C)OC2=O)cc1OC. The monoisotopic (exact) mass is 348 g/mol. The molecule has 0 amide bonds. The van der Waals surface area contributed by atoms with Gasteiger partial charge in [-0.15, -0.1) is 0 Å². The van der Waals surface area contributed by atoms with E-state index in [9.17, 15) is 9.59 Å². The van der Waals surface area contributed by atoms with Gasteiger partial charge in [0.15, 0.2) is 11.5 Å². The summed E-state index contributed by atoms with van der Waals surface area (Å²) in [4.78, 5) is 24.0. The number of hydrogen-bond acceptors (Lipinski definition) is 7. The Morgan fingerprint density at radius 1 is 1.12 bits per heavy atom. The highest BCUT2D eigenvalue weighted by atomic mass is 16.7. The van der Waals surface area contributed by atoms with E-state index in [-0.39, 0.29) is 5.57 Å². The van der Waals surface area contributed by atoms with Crippen LogP contribution in [-0.2, 0) is 23.8 Å². The topological polar surface area (TPSA) is 80.3 Å². The number of rotatable bonds is 7. The molecule has 7 nitrogen and oxygen atoms in total. The van der Waals surface area contributed by atoms with E-state index in [4.69, 9.17) is 23.7 Å². The van der Waals surface area contributed by atoms with E-state index in [1.165, 1.54) is 33.3 Å². The highest BCUT2D eigenvalue weighted by Crippen LogP contribution is 2.30. The molecule has 0 bridgehead atoms. The number of hydrogen-bond donors (Lipinski definition) is 0. The third-order valence-corrected chi connectivity index (χ3v) is 3.19. The molecule has 0 unspecified atom stereocenters. The van der Waals surface area contributed by atoms with E-state index in [1.54, 1.807) is 18.2 Å². The molecule has 25 heavy (non-hydrogen) atoms. The lowest BCUT2D eigenvalue weighted by Gasteiger charge is -2.29. The summed E-state index contributed by atoms with van der Waals surface area (Å²) < 4.78 is 25.9. The summed E-state index contributed by atoms with van der Waals surface area (Å²) >= 11 is 0. The number of methoxy groups -OCH3 is 1. The molecule has 0 atom stereocenters. The van der Waals surface area contributed by atoms with E-state index < -0.39 is 17.7 Å². The molecular weight excluding hydrogens is 328 g/mol. The molecule has 0 aliphatic carbocycles. The van der Waals surface area contributed by atoms with Gasteiger partial charge in [-0.2, -0.15) is 0 Å². The Kier molecular flexibility index (Phi) is 5.69. The minimum absolute atomic E-state index is 0.186. The molecule has 1 aromatic carbocycles. The van der Waals surface area contributed by atoms with Gasteiger partial charge in [0, 0.05) is 13.8 Å². The first kappa shape index (κ1) is 18.4. The van der Waals surface area contributed by atoms with E-state index >= 15 is 0 Å². The average molecular weight is 348 g/mol. The number of benzene rings is 1. The standard InChI is InChI=1S/C18H20O7/c1-5-22-8-9-23-14-7-6-12(11-15(14)21-4)10-13-16(19)24-18(2,3)25-17(13)20/h5-7,10-11H,1,8-9H2,2-4H3. The summed E-state index contributed by atoms with van der Waals surface area (Å²) in [6.07, 6.45) is 2.71. The maximum Gasteiger partial charge on any atom is 0.348 e. The van der Waals surface area contributed by atoms with Gasteiger partial charge in [-0.3, -0.25) is 0 Å². The number of carbonyl (C=O) groups is 2. The van der Waals surface area contributed by atoms with Crippen LogP contribution in [0.5, 0.6) is 11.5 Å². The van der Waals surface area contributed by atoms with Crippen molar-refractivity contribution in [3.8, 4) is 11.5 Å². The molecule has 0 radical (unpaired) electrons. The van der Waals surface area contributed by atoms with Crippen LogP contribution >= 0.6 is 0 Å². The van der Waals surface area contributed by atoms with E-state index in [2.05, 4.69) is 6.58 Å². The minimum atomic E-state index is -1.27. The number of esters is 2. The summed E-state index contributed by atoms with van der Waals surface area (Å²) in [7, 11) is 1.49. The van der Waals surface area contributed by atoms with Crippen molar-refractivity contribution >= 4 is 18.0 Å². The van der Waals surface area contributed by atoms with E-state index in [1.807, 2.05) is 0 Å². The van der Waals surface area contributed by atoms with Crippen LogP contribution in [0.2, 0.25) is 0 Å². The Hall–Kier alpha value is -2.96. The van der Waals surface area contributed by atoms with Crippen molar-refractivity contribution in [2.24, 2.45) is 0 Å². The van der Waals surface area contributed by atoms with Crippen LogP contribution in [0.25, 0.3) is 6.08 Å². The Balaban J connectivity index is 2.18. The molecule has 0 spiro atoms. The van der Waals surface area contributed by atoms with Crippen molar-refractivity contribution in [1.82, 2.24) is 0 Å². The molecule has 0 saturated carbocycles. The normalized spacial score (nSPS) is 15.7. The smallest absolute Gasteiger partial charge is 0.348 e. The average Bonchev–Trinajstić information content (AvgIpc) is 2.54. The third-order valence-electron chi connectivity index (χ3n) is 3.19. The molecule has 2 rings (SSSR count). The van der Waals surface area contributed by atoms with Crippen LogP contribution in [0.4, 0.5) is 0 Å². The summed E-state index contributed by atoms with van der Waals surface area (Å²) in [5.41, 5.74) is 0.379. The quantitative estimate of drug-likeness (QED) is 0.246. The van der Waals surface area contributed by atoms with Gasteiger partial charge in [0.1, 0.15) is 18.8 Å². The molecule has 134 valence electrons. The summed E-state index contributed by atoms with van der Waals surface area (Å²) in [6, 6.07) is 4.99. The van der Waals surface area contributed by atoms with Crippen molar-refractivity contribution in [2.45, 2.75) is 19.6 Å². The lowest BCUT2D eigenvalue weighted by atomic mass is 10.1. The van der Waals surface area contributed by atoms with Crippen LogP contribution in [0.3, 0.4) is 0 Å². The van der Waals surface area contributed by atoms with Crippen molar-refractivity contribution in [3.05, 3.63) is 42.2 Å². The van der Waals surface area contributed by atoms with Gasteiger partial charge < -0.3 is 23.7 Å². The molecule has 1 aliphatic rings. The fraction of sp³-hybridized carbons (Fsp3) is 0.333. The van der Waals surface area contributed by atoms with E-state index in [0.29, 0.717) is 30.3 Å².